The van der Waals surface area contributed by atoms with Crippen molar-refractivity contribution in [3.63, 3.8) is 0 Å². The Hall–Kier alpha value is -2.56. The number of carbonyl (C=O) groups excluding carboxylic acids is 1. The van der Waals surface area contributed by atoms with Crippen LogP contribution in [0.1, 0.15) is 16.1 Å². The van der Waals surface area contributed by atoms with Gasteiger partial charge in [-0.1, -0.05) is 12.1 Å². The van der Waals surface area contributed by atoms with Gasteiger partial charge in [0.05, 0.1) is 23.4 Å². The van der Waals surface area contributed by atoms with E-state index in [0.717, 1.165) is 16.6 Å². The van der Waals surface area contributed by atoms with Crippen LogP contribution in [0.3, 0.4) is 0 Å². The largest absolute Gasteiger partial charge is 0.292 e. The van der Waals surface area contributed by atoms with Gasteiger partial charge in [-0.2, -0.15) is 5.10 Å². The van der Waals surface area contributed by atoms with Crippen molar-refractivity contribution >= 4 is 16.8 Å². The smallest absolute Gasteiger partial charge is 0.187 e. The molecule has 1 aromatic carbocycles. The number of para-hydroxylation sites is 2. The van der Waals surface area contributed by atoms with Crippen LogP contribution in [-0.2, 0) is 13.5 Å². The average Bonchev–Trinajstić information content (AvgIpc) is 2.83. The Bertz CT molecular complexity index is 748. The number of ketones is 1. The van der Waals surface area contributed by atoms with Gasteiger partial charge in [0.15, 0.2) is 5.78 Å². The summed E-state index contributed by atoms with van der Waals surface area (Å²) in [5.74, 6) is -0.0498. The van der Waals surface area contributed by atoms with Crippen LogP contribution in [0.2, 0.25) is 0 Å². The molecule has 0 fully saturated rings. The monoisotopic (exact) mass is 252 g/mol. The van der Waals surface area contributed by atoms with Gasteiger partial charge >= 0.3 is 0 Å². The third kappa shape index (κ3) is 2.35. The van der Waals surface area contributed by atoms with Gasteiger partial charge in [0, 0.05) is 19.7 Å². The van der Waals surface area contributed by atoms with Crippen LogP contribution >= 0.6 is 0 Å². The van der Waals surface area contributed by atoms with Crippen molar-refractivity contribution in [2.75, 3.05) is 0 Å². The Balaban J connectivity index is 1.89. The minimum absolute atomic E-state index is 0.0498. The Labute approximate surface area is 109 Å². The molecule has 0 aliphatic carbocycles. The summed E-state index contributed by atoms with van der Waals surface area (Å²) in [5.41, 5.74) is 2.80. The molecule has 3 aromatic rings. The standard InChI is InChI=1S/C14H12N4O/c1-18-9-10(7-16-18)6-14(19)13-8-15-11-4-2-3-5-12(11)17-13/h2-5,7-9H,6H2,1H3. The highest BCUT2D eigenvalue weighted by molar-refractivity contribution is 5.96. The zero-order chi connectivity index (χ0) is 13.2. The Kier molecular flexibility index (Phi) is 2.79. The lowest BCUT2D eigenvalue weighted by atomic mass is 10.1. The molecule has 2 aromatic heterocycles. The summed E-state index contributed by atoms with van der Waals surface area (Å²) in [4.78, 5) is 20.7. The molecule has 0 saturated carbocycles. The van der Waals surface area contributed by atoms with E-state index >= 15 is 0 Å². The Morgan fingerprint density at radius 3 is 2.74 bits per heavy atom. The van der Waals surface area contributed by atoms with E-state index in [1.807, 2.05) is 37.5 Å². The zero-order valence-electron chi connectivity index (χ0n) is 10.4. The number of rotatable bonds is 3. The number of hydrogen-bond acceptors (Lipinski definition) is 4. The average molecular weight is 252 g/mol. The highest BCUT2D eigenvalue weighted by Crippen LogP contribution is 2.10. The molecule has 0 saturated heterocycles. The number of Topliss-reactive ketones (excluding diaryl/α,β-unsaturated/α-hetero) is 1. The summed E-state index contributed by atoms with van der Waals surface area (Å²) in [6.45, 7) is 0. The molecule has 0 aliphatic rings. The van der Waals surface area contributed by atoms with E-state index in [-0.39, 0.29) is 5.78 Å². The molecule has 5 heteroatoms. The van der Waals surface area contributed by atoms with E-state index in [9.17, 15) is 4.79 Å². The number of aryl methyl sites for hydroxylation is 1. The van der Waals surface area contributed by atoms with Gasteiger partial charge in [0.25, 0.3) is 0 Å². The number of fused-ring (bicyclic) bond motifs is 1. The Morgan fingerprint density at radius 2 is 2.00 bits per heavy atom. The lowest BCUT2D eigenvalue weighted by Gasteiger charge is -2.00. The van der Waals surface area contributed by atoms with Gasteiger partial charge in [0.1, 0.15) is 5.69 Å². The first-order chi connectivity index (χ1) is 9.22. The zero-order valence-corrected chi connectivity index (χ0v) is 10.4. The molecule has 0 radical (unpaired) electrons. The third-order valence-electron chi connectivity index (χ3n) is 2.86. The van der Waals surface area contributed by atoms with Crippen molar-refractivity contribution in [1.82, 2.24) is 19.7 Å². The van der Waals surface area contributed by atoms with Crippen LogP contribution in [0.25, 0.3) is 11.0 Å². The fourth-order valence-corrected chi connectivity index (χ4v) is 1.93. The minimum Gasteiger partial charge on any atom is -0.292 e. The summed E-state index contributed by atoms with van der Waals surface area (Å²) >= 11 is 0. The van der Waals surface area contributed by atoms with Gasteiger partial charge in [-0.05, 0) is 17.7 Å². The van der Waals surface area contributed by atoms with Crippen LogP contribution in [0.5, 0.6) is 0 Å². The minimum atomic E-state index is -0.0498. The Morgan fingerprint density at radius 1 is 1.21 bits per heavy atom. The van der Waals surface area contributed by atoms with Crippen LogP contribution < -0.4 is 0 Å². The predicted molar refractivity (Wildman–Crippen MR) is 70.8 cm³/mol. The molecule has 5 nitrogen and oxygen atoms in total. The molecule has 94 valence electrons. The van der Waals surface area contributed by atoms with E-state index in [1.165, 1.54) is 6.20 Å². The molecule has 0 spiro atoms. The summed E-state index contributed by atoms with van der Waals surface area (Å²) in [6, 6.07) is 7.50. The second kappa shape index (κ2) is 4.61. The summed E-state index contributed by atoms with van der Waals surface area (Å²) in [7, 11) is 1.82. The third-order valence-corrected chi connectivity index (χ3v) is 2.86. The summed E-state index contributed by atoms with van der Waals surface area (Å²) < 4.78 is 1.68. The number of benzene rings is 1. The number of nitrogens with zero attached hydrogens (tertiary/aromatic N) is 4. The van der Waals surface area contributed by atoms with E-state index in [1.54, 1.807) is 10.9 Å². The molecule has 2 heterocycles. The predicted octanol–water partition coefficient (Wildman–Crippen LogP) is 1.79. The molecular weight excluding hydrogens is 240 g/mol. The lowest BCUT2D eigenvalue weighted by Crippen LogP contribution is -2.06. The fourth-order valence-electron chi connectivity index (χ4n) is 1.93. The SMILES string of the molecule is Cn1cc(CC(=O)c2cnc3ccccc3n2)cn1. The van der Waals surface area contributed by atoms with Gasteiger partial charge in [0.2, 0.25) is 0 Å². The normalized spacial score (nSPS) is 10.8. The highest BCUT2D eigenvalue weighted by atomic mass is 16.1. The van der Waals surface area contributed by atoms with E-state index < -0.39 is 0 Å². The summed E-state index contributed by atoms with van der Waals surface area (Å²) in [5, 5.41) is 4.04. The maximum absolute atomic E-state index is 12.1. The van der Waals surface area contributed by atoms with E-state index in [0.29, 0.717) is 12.1 Å². The maximum Gasteiger partial charge on any atom is 0.187 e. The topological polar surface area (TPSA) is 60.7 Å². The first kappa shape index (κ1) is 11.5. The van der Waals surface area contributed by atoms with Gasteiger partial charge in [-0.3, -0.25) is 14.5 Å². The molecule has 0 unspecified atom stereocenters. The second-order valence-corrected chi connectivity index (χ2v) is 4.37. The summed E-state index contributed by atoms with van der Waals surface area (Å²) in [6.07, 6.45) is 5.33. The molecular formula is C14H12N4O. The molecule has 0 aliphatic heterocycles. The van der Waals surface area contributed by atoms with Crippen molar-refractivity contribution in [3.05, 3.63) is 54.1 Å². The van der Waals surface area contributed by atoms with Crippen LogP contribution in [-0.4, -0.2) is 25.5 Å². The van der Waals surface area contributed by atoms with Crippen molar-refractivity contribution in [2.24, 2.45) is 7.05 Å². The van der Waals surface area contributed by atoms with Crippen LogP contribution in [0, 0.1) is 0 Å². The molecule has 3 rings (SSSR count). The maximum atomic E-state index is 12.1. The van der Waals surface area contributed by atoms with Crippen molar-refractivity contribution in [3.8, 4) is 0 Å². The lowest BCUT2D eigenvalue weighted by molar-refractivity contribution is 0.0988. The second-order valence-electron chi connectivity index (χ2n) is 4.37. The van der Waals surface area contributed by atoms with Crippen molar-refractivity contribution < 1.29 is 4.79 Å². The highest BCUT2D eigenvalue weighted by Gasteiger charge is 2.11. The first-order valence-corrected chi connectivity index (χ1v) is 5.95. The fraction of sp³-hybridized carbons (Fsp3) is 0.143. The van der Waals surface area contributed by atoms with Gasteiger partial charge < -0.3 is 0 Å². The van der Waals surface area contributed by atoms with E-state index in [2.05, 4.69) is 15.1 Å². The van der Waals surface area contributed by atoms with Gasteiger partial charge in [-0.15, -0.1) is 0 Å². The van der Waals surface area contributed by atoms with Gasteiger partial charge in [-0.25, -0.2) is 4.98 Å². The molecule has 0 atom stereocenters. The molecule has 0 N–H and O–H groups in total. The van der Waals surface area contributed by atoms with Crippen LogP contribution in [0.15, 0.2) is 42.9 Å². The number of hydrogen-bond donors (Lipinski definition) is 0. The first-order valence-electron chi connectivity index (χ1n) is 5.95. The molecule has 0 amide bonds. The quantitative estimate of drug-likeness (QED) is 0.667. The molecule has 19 heavy (non-hydrogen) atoms. The van der Waals surface area contributed by atoms with Crippen molar-refractivity contribution in [2.45, 2.75) is 6.42 Å². The van der Waals surface area contributed by atoms with E-state index in [4.69, 9.17) is 0 Å². The van der Waals surface area contributed by atoms with Crippen molar-refractivity contribution in [1.29, 1.82) is 0 Å². The van der Waals surface area contributed by atoms with Crippen LogP contribution in [0.4, 0.5) is 0 Å². The molecule has 0 bridgehead atoms. The number of aromatic nitrogens is 4. The number of carbonyl (C=O) groups is 1.